The van der Waals surface area contributed by atoms with Crippen LogP contribution in [0.2, 0.25) is 0 Å². The Hall–Kier alpha value is -3.44. The van der Waals surface area contributed by atoms with Crippen LogP contribution < -0.4 is 11.1 Å². The third-order valence-corrected chi connectivity index (χ3v) is 4.32. The standard InChI is InChI=1S/C17H18N4OS.C3H5F.C3H4.C2H6.CH3F/c1-2-3-7-19-15-6-8-21(12-14(15)18)11-13-10-16(20-22-13)17-5-4-9-23-17;1-2-3-4;1-3-2;2*1-2/h2-6,8-10,12H,7,11,18H2,1H3;2-3H,1H3;1H,2H3;1-2H3;1H3/b3-2+,19-15?;3-2+;;;. The number of terminal acetylenes is 1. The van der Waals surface area contributed by atoms with Crippen LogP contribution in [-0.4, -0.2) is 23.4 Å². The fourth-order valence-electron chi connectivity index (χ4n) is 2.16. The van der Waals surface area contributed by atoms with Gasteiger partial charge in [0.2, 0.25) is 0 Å². The molecule has 3 heterocycles. The summed E-state index contributed by atoms with van der Waals surface area (Å²) in [5.41, 5.74) is 7.57. The summed E-state index contributed by atoms with van der Waals surface area (Å²) in [7, 11) is 0.500. The van der Waals surface area contributed by atoms with Gasteiger partial charge in [-0.2, -0.15) is 0 Å². The largest absolute Gasteiger partial charge is 0.396 e. The number of aromatic nitrogens is 2. The average Bonchev–Trinajstić information content (AvgIpc) is 3.56. The molecule has 0 spiro atoms. The SMILES string of the molecule is C#CC.C/C=C/CN=c1ccn(Cc2cc(-c3cccs3)no2)cc1N.C/C=C/F.CC.CF. The lowest BCUT2D eigenvalue weighted by molar-refractivity contribution is 0.378. The topological polar surface area (TPSA) is 69.3 Å². The Morgan fingerprint density at radius 2 is 1.91 bits per heavy atom. The molecule has 0 saturated heterocycles. The fourth-order valence-corrected chi connectivity index (χ4v) is 2.83. The molecule has 2 N–H and O–H groups in total. The van der Waals surface area contributed by atoms with Gasteiger partial charge in [0.1, 0.15) is 5.69 Å². The quantitative estimate of drug-likeness (QED) is 0.308. The van der Waals surface area contributed by atoms with Crippen LogP contribution in [0.3, 0.4) is 0 Å². The van der Waals surface area contributed by atoms with Crippen LogP contribution in [0.25, 0.3) is 10.6 Å². The van der Waals surface area contributed by atoms with Gasteiger partial charge in [-0.15, -0.1) is 23.7 Å². The van der Waals surface area contributed by atoms with Gasteiger partial charge in [-0.05, 0) is 38.3 Å². The normalized spacial score (nSPS) is 10.0. The van der Waals surface area contributed by atoms with Crippen LogP contribution >= 0.6 is 11.3 Å². The number of thiophene rings is 1. The molecule has 0 radical (unpaired) electrons. The summed E-state index contributed by atoms with van der Waals surface area (Å²) in [6, 6.07) is 7.90. The van der Waals surface area contributed by atoms with E-state index in [0.29, 0.717) is 32.3 Å². The first-order valence-corrected chi connectivity index (χ1v) is 11.5. The molecule has 0 bridgehead atoms. The average molecular weight is 491 g/mol. The van der Waals surface area contributed by atoms with E-state index in [-0.39, 0.29) is 0 Å². The van der Waals surface area contributed by atoms with Crippen molar-refractivity contribution in [3.63, 3.8) is 0 Å². The van der Waals surface area contributed by atoms with Crippen LogP contribution in [0.4, 0.5) is 14.5 Å². The van der Waals surface area contributed by atoms with Crippen LogP contribution in [0.15, 0.2) is 76.1 Å². The lowest BCUT2D eigenvalue weighted by Crippen LogP contribution is -2.13. The second-order valence-corrected chi connectivity index (χ2v) is 6.72. The molecule has 3 aromatic heterocycles. The Balaban J connectivity index is 0. The van der Waals surface area contributed by atoms with Gasteiger partial charge in [-0.25, -0.2) is 4.39 Å². The van der Waals surface area contributed by atoms with E-state index in [2.05, 4.69) is 22.5 Å². The van der Waals surface area contributed by atoms with Gasteiger partial charge >= 0.3 is 0 Å². The van der Waals surface area contributed by atoms with Gasteiger partial charge in [0.15, 0.2) is 5.76 Å². The van der Waals surface area contributed by atoms with Crippen molar-refractivity contribution in [2.45, 2.75) is 41.2 Å². The molecule has 0 unspecified atom stereocenters. The van der Waals surface area contributed by atoms with E-state index >= 15 is 0 Å². The minimum Gasteiger partial charge on any atom is -0.396 e. The van der Waals surface area contributed by atoms with E-state index in [1.807, 2.05) is 79.5 Å². The molecular formula is C26H36F2N4OS. The first-order chi connectivity index (χ1) is 16.6. The number of halogens is 2. The Morgan fingerprint density at radius 3 is 2.41 bits per heavy atom. The van der Waals surface area contributed by atoms with E-state index in [4.69, 9.17) is 10.3 Å². The summed E-state index contributed by atoms with van der Waals surface area (Å²) >= 11 is 1.64. The van der Waals surface area contributed by atoms with Crippen molar-refractivity contribution in [3.05, 3.63) is 77.7 Å². The van der Waals surface area contributed by atoms with Crippen molar-refractivity contribution < 1.29 is 13.3 Å². The van der Waals surface area contributed by atoms with E-state index in [1.54, 1.807) is 25.2 Å². The van der Waals surface area contributed by atoms with E-state index in [9.17, 15) is 8.78 Å². The second-order valence-electron chi connectivity index (χ2n) is 5.77. The van der Waals surface area contributed by atoms with Crippen molar-refractivity contribution in [3.8, 4) is 22.9 Å². The Kier molecular flexibility index (Phi) is 21.9. The highest BCUT2D eigenvalue weighted by atomic mass is 32.1. The highest BCUT2D eigenvalue weighted by Gasteiger charge is 2.07. The minimum atomic E-state index is 0.500. The highest BCUT2D eigenvalue weighted by Crippen LogP contribution is 2.24. The molecule has 0 aromatic carbocycles. The minimum absolute atomic E-state index is 0.500. The summed E-state index contributed by atoms with van der Waals surface area (Å²) in [4.78, 5) is 5.52. The predicted octanol–water partition coefficient (Wildman–Crippen LogP) is 7.05. The van der Waals surface area contributed by atoms with Crippen molar-refractivity contribution in [1.29, 1.82) is 0 Å². The Labute approximate surface area is 206 Å². The number of nitrogen functional groups attached to an aromatic ring is 1. The zero-order valence-electron chi connectivity index (χ0n) is 20.8. The summed E-state index contributed by atoms with van der Waals surface area (Å²) < 4.78 is 27.4. The first kappa shape index (κ1) is 32.7. The van der Waals surface area contributed by atoms with Crippen LogP contribution in [0.5, 0.6) is 0 Å². The maximum Gasteiger partial charge on any atom is 0.157 e. The van der Waals surface area contributed by atoms with Crippen LogP contribution in [-0.2, 0) is 6.54 Å². The zero-order chi connectivity index (χ0) is 26.2. The smallest absolute Gasteiger partial charge is 0.157 e. The van der Waals surface area contributed by atoms with E-state index in [1.165, 1.54) is 6.08 Å². The van der Waals surface area contributed by atoms with Crippen molar-refractivity contribution in [1.82, 2.24) is 9.72 Å². The second kappa shape index (κ2) is 22.7. The summed E-state index contributed by atoms with van der Waals surface area (Å²) in [5, 5.41) is 6.93. The van der Waals surface area contributed by atoms with E-state index in [0.717, 1.165) is 21.7 Å². The highest BCUT2D eigenvalue weighted by molar-refractivity contribution is 7.13. The molecule has 8 heteroatoms. The number of nitrogens with zero attached hydrogens (tertiary/aromatic N) is 3. The van der Waals surface area contributed by atoms with Gasteiger partial charge in [0.25, 0.3) is 0 Å². The zero-order valence-corrected chi connectivity index (χ0v) is 21.7. The molecule has 0 fully saturated rings. The summed E-state index contributed by atoms with van der Waals surface area (Å²) in [6.45, 7) is 10.5. The number of anilines is 1. The summed E-state index contributed by atoms with van der Waals surface area (Å²) in [5.74, 6) is 3.04. The maximum atomic E-state index is 10.5. The number of hydrogen-bond acceptors (Lipinski definition) is 5. The fraction of sp³-hybridized carbons (Fsp3) is 0.308. The first-order valence-electron chi connectivity index (χ1n) is 10.6. The molecule has 0 aliphatic heterocycles. The van der Waals surface area contributed by atoms with Gasteiger partial charge in [0, 0.05) is 18.5 Å². The van der Waals surface area contributed by atoms with Crippen molar-refractivity contribution in [2.24, 2.45) is 4.99 Å². The number of alkyl halides is 1. The number of rotatable bonds is 5. The van der Waals surface area contributed by atoms with E-state index < -0.39 is 0 Å². The lowest BCUT2D eigenvalue weighted by atomic mass is 10.3. The van der Waals surface area contributed by atoms with Gasteiger partial charge in [-0.3, -0.25) is 9.38 Å². The third kappa shape index (κ3) is 13.9. The van der Waals surface area contributed by atoms with Gasteiger partial charge in [0.05, 0.1) is 42.5 Å². The molecule has 3 rings (SSSR count). The van der Waals surface area contributed by atoms with Crippen LogP contribution in [0, 0.1) is 12.3 Å². The monoisotopic (exact) mass is 490 g/mol. The summed E-state index contributed by atoms with van der Waals surface area (Å²) in [6.07, 6.45) is 14.2. The molecule has 0 amide bonds. The molecule has 5 nitrogen and oxygen atoms in total. The molecule has 0 saturated carbocycles. The molecule has 34 heavy (non-hydrogen) atoms. The van der Waals surface area contributed by atoms with Gasteiger partial charge in [-0.1, -0.05) is 43.3 Å². The molecule has 186 valence electrons. The maximum absolute atomic E-state index is 10.5. The van der Waals surface area contributed by atoms with Gasteiger partial charge < -0.3 is 14.8 Å². The van der Waals surface area contributed by atoms with Crippen molar-refractivity contribution >= 4 is 17.0 Å². The molecule has 3 aromatic rings. The third-order valence-electron chi connectivity index (χ3n) is 3.42. The number of pyridine rings is 1. The van der Waals surface area contributed by atoms with Crippen molar-refractivity contribution in [2.75, 3.05) is 19.5 Å². The molecule has 0 aliphatic rings. The Morgan fingerprint density at radius 1 is 1.26 bits per heavy atom. The molecular weight excluding hydrogens is 454 g/mol. The predicted molar refractivity (Wildman–Crippen MR) is 142 cm³/mol. The number of hydrogen-bond donors (Lipinski definition) is 1. The molecule has 0 aliphatic carbocycles. The van der Waals surface area contributed by atoms with Crippen LogP contribution in [0.1, 0.15) is 40.4 Å². The molecule has 0 atom stereocenters. The number of allylic oxidation sites excluding steroid dienone is 2. The lowest BCUT2D eigenvalue weighted by Gasteiger charge is -2.05. The Bertz CT molecular complexity index is 1030. The number of nitrogens with two attached hydrogens (primary N) is 1.